The van der Waals surface area contributed by atoms with E-state index in [1.165, 1.54) is 12.1 Å². The van der Waals surface area contributed by atoms with Crippen LogP contribution in [0.1, 0.15) is 10.4 Å². The van der Waals surface area contributed by atoms with Gasteiger partial charge in [-0.25, -0.2) is 4.39 Å². The van der Waals surface area contributed by atoms with Crippen LogP contribution in [0.4, 0.5) is 10.1 Å². The third kappa shape index (κ3) is 2.91. The third-order valence-electron chi connectivity index (χ3n) is 2.21. The van der Waals surface area contributed by atoms with E-state index in [4.69, 9.17) is 0 Å². The Bertz CT molecular complexity index is 542. The Kier molecular flexibility index (Phi) is 3.54. The first-order valence-electron chi connectivity index (χ1n) is 4.98. The van der Waals surface area contributed by atoms with Crippen molar-refractivity contribution >= 4 is 27.5 Å². The van der Waals surface area contributed by atoms with Crippen LogP contribution in [0, 0.1) is 5.82 Å². The lowest BCUT2D eigenvalue weighted by molar-refractivity contribution is 0.102. The number of benzene rings is 2. The van der Waals surface area contributed by atoms with Crippen molar-refractivity contribution in [1.82, 2.24) is 0 Å². The molecule has 0 aliphatic carbocycles. The summed E-state index contributed by atoms with van der Waals surface area (Å²) in [7, 11) is 0. The van der Waals surface area contributed by atoms with Crippen LogP contribution in [-0.4, -0.2) is 5.91 Å². The van der Waals surface area contributed by atoms with E-state index in [2.05, 4.69) is 21.2 Å². The summed E-state index contributed by atoms with van der Waals surface area (Å²) in [5.74, 6) is -1.01. The molecule has 2 aromatic rings. The van der Waals surface area contributed by atoms with Crippen molar-refractivity contribution in [2.45, 2.75) is 0 Å². The highest BCUT2D eigenvalue weighted by Crippen LogP contribution is 2.16. The van der Waals surface area contributed by atoms with Crippen LogP contribution >= 0.6 is 15.9 Å². The van der Waals surface area contributed by atoms with Crippen LogP contribution in [0.3, 0.4) is 0 Å². The Morgan fingerprint density at radius 1 is 1.12 bits per heavy atom. The zero-order chi connectivity index (χ0) is 12.3. The van der Waals surface area contributed by atoms with Gasteiger partial charge in [-0.15, -0.1) is 0 Å². The summed E-state index contributed by atoms with van der Waals surface area (Å²) in [5.41, 5.74) is 0.664. The van der Waals surface area contributed by atoms with E-state index in [1.807, 2.05) is 6.07 Å². The average molecular weight is 294 g/mol. The Labute approximate surface area is 107 Å². The molecule has 0 saturated carbocycles. The molecule has 0 aliphatic rings. The van der Waals surface area contributed by atoms with Gasteiger partial charge < -0.3 is 5.32 Å². The molecule has 2 rings (SSSR count). The fraction of sp³-hybridized carbons (Fsp3) is 0. The minimum absolute atomic E-state index is 0.0250. The van der Waals surface area contributed by atoms with Gasteiger partial charge >= 0.3 is 0 Å². The van der Waals surface area contributed by atoms with E-state index in [0.29, 0.717) is 10.2 Å². The van der Waals surface area contributed by atoms with Crippen LogP contribution in [0.2, 0.25) is 0 Å². The molecule has 0 unspecified atom stereocenters. The van der Waals surface area contributed by atoms with Gasteiger partial charge in [0, 0.05) is 10.2 Å². The van der Waals surface area contributed by atoms with Gasteiger partial charge in [0.05, 0.1) is 5.56 Å². The second kappa shape index (κ2) is 5.10. The number of para-hydroxylation sites is 1. The SMILES string of the molecule is O=C(Nc1ccccc1)c1ccc(Br)cc1F. The standard InChI is InChI=1S/C13H9BrFNO/c14-9-6-7-11(12(15)8-9)13(17)16-10-4-2-1-3-5-10/h1-8H,(H,16,17). The third-order valence-corrected chi connectivity index (χ3v) is 2.70. The highest BCUT2D eigenvalue weighted by atomic mass is 79.9. The van der Waals surface area contributed by atoms with Crippen LogP contribution in [-0.2, 0) is 0 Å². The molecule has 4 heteroatoms. The van der Waals surface area contributed by atoms with Gasteiger partial charge in [0.15, 0.2) is 0 Å². The monoisotopic (exact) mass is 293 g/mol. The molecule has 17 heavy (non-hydrogen) atoms. The van der Waals surface area contributed by atoms with Crippen LogP contribution in [0.5, 0.6) is 0 Å². The molecule has 0 aromatic heterocycles. The largest absolute Gasteiger partial charge is 0.322 e. The number of rotatable bonds is 2. The van der Waals surface area contributed by atoms with E-state index in [-0.39, 0.29) is 5.56 Å². The maximum Gasteiger partial charge on any atom is 0.258 e. The van der Waals surface area contributed by atoms with Gasteiger partial charge in [-0.2, -0.15) is 0 Å². The van der Waals surface area contributed by atoms with E-state index in [9.17, 15) is 9.18 Å². The van der Waals surface area contributed by atoms with Crippen molar-refractivity contribution in [3.05, 3.63) is 64.4 Å². The normalized spacial score (nSPS) is 10.0. The number of amides is 1. The maximum atomic E-state index is 13.5. The quantitative estimate of drug-likeness (QED) is 0.895. The first kappa shape index (κ1) is 11.8. The molecular formula is C13H9BrFNO. The summed E-state index contributed by atoms with van der Waals surface area (Å²) >= 11 is 3.14. The molecule has 0 aliphatic heterocycles. The van der Waals surface area contributed by atoms with Crippen molar-refractivity contribution in [2.75, 3.05) is 5.32 Å². The fourth-order valence-corrected chi connectivity index (χ4v) is 1.73. The predicted molar refractivity (Wildman–Crippen MR) is 68.5 cm³/mol. The highest BCUT2D eigenvalue weighted by Gasteiger charge is 2.11. The molecule has 2 aromatic carbocycles. The van der Waals surface area contributed by atoms with Crippen LogP contribution < -0.4 is 5.32 Å². The molecule has 0 saturated heterocycles. The number of halogens is 2. The smallest absolute Gasteiger partial charge is 0.258 e. The minimum atomic E-state index is -0.548. The molecule has 0 radical (unpaired) electrons. The molecule has 0 heterocycles. The Hall–Kier alpha value is -1.68. The Morgan fingerprint density at radius 3 is 2.47 bits per heavy atom. The molecule has 0 atom stereocenters. The van der Waals surface area contributed by atoms with Gasteiger partial charge in [-0.3, -0.25) is 4.79 Å². The molecular weight excluding hydrogens is 285 g/mol. The van der Waals surface area contributed by atoms with Gasteiger partial charge in [0.1, 0.15) is 5.82 Å². The minimum Gasteiger partial charge on any atom is -0.322 e. The van der Waals surface area contributed by atoms with E-state index in [0.717, 1.165) is 0 Å². The lowest BCUT2D eigenvalue weighted by atomic mass is 10.2. The maximum absolute atomic E-state index is 13.5. The molecule has 1 amide bonds. The lowest BCUT2D eigenvalue weighted by Gasteiger charge is -2.06. The van der Waals surface area contributed by atoms with Crippen molar-refractivity contribution in [3.63, 3.8) is 0 Å². The van der Waals surface area contributed by atoms with Crippen molar-refractivity contribution < 1.29 is 9.18 Å². The number of nitrogens with one attached hydrogen (secondary N) is 1. The molecule has 0 spiro atoms. The Morgan fingerprint density at radius 2 is 1.82 bits per heavy atom. The van der Waals surface area contributed by atoms with E-state index >= 15 is 0 Å². The summed E-state index contributed by atoms with van der Waals surface area (Å²) in [6.45, 7) is 0. The summed E-state index contributed by atoms with van der Waals surface area (Å²) in [6, 6.07) is 13.3. The molecule has 86 valence electrons. The van der Waals surface area contributed by atoms with Gasteiger partial charge in [0.25, 0.3) is 5.91 Å². The Balaban J connectivity index is 2.21. The predicted octanol–water partition coefficient (Wildman–Crippen LogP) is 3.84. The molecule has 0 fully saturated rings. The number of carbonyl (C=O) groups excluding carboxylic acids is 1. The molecule has 2 nitrogen and oxygen atoms in total. The molecule has 0 bridgehead atoms. The average Bonchev–Trinajstić information content (AvgIpc) is 2.30. The van der Waals surface area contributed by atoms with Crippen molar-refractivity contribution in [3.8, 4) is 0 Å². The summed E-state index contributed by atoms with van der Waals surface area (Å²) < 4.78 is 14.1. The topological polar surface area (TPSA) is 29.1 Å². The van der Waals surface area contributed by atoms with E-state index < -0.39 is 11.7 Å². The first-order valence-corrected chi connectivity index (χ1v) is 5.77. The fourth-order valence-electron chi connectivity index (χ4n) is 1.39. The van der Waals surface area contributed by atoms with Crippen LogP contribution in [0.25, 0.3) is 0 Å². The number of hydrogen-bond acceptors (Lipinski definition) is 1. The summed E-state index contributed by atoms with van der Waals surface area (Å²) in [6.07, 6.45) is 0. The van der Waals surface area contributed by atoms with Crippen molar-refractivity contribution in [2.24, 2.45) is 0 Å². The lowest BCUT2D eigenvalue weighted by Crippen LogP contribution is -2.13. The molecule has 1 N–H and O–H groups in total. The second-order valence-electron chi connectivity index (χ2n) is 3.44. The summed E-state index contributed by atoms with van der Waals surface area (Å²) in [5, 5.41) is 2.62. The first-order chi connectivity index (χ1) is 8.16. The zero-order valence-corrected chi connectivity index (χ0v) is 10.4. The summed E-state index contributed by atoms with van der Waals surface area (Å²) in [4.78, 5) is 11.8. The number of hydrogen-bond donors (Lipinski definition) is 1. The van der Waals surface area contributed by atoms with Gasteiger partial charge in [-0.05, 0) is 30.3 Å². The zero-order valence-electron chi connectivity index (χ0n) is 8.78. The number of carbonyl (C=O) groups is 1. The van der Waals surface area contributed by atoms with Crippen LogP contribution in [0.15, 0.2) is 53.0 Å². The van der Waals surface area contributed by atoms with Gasteiger partial charge in [0.2, 0.25) is 0 Å². The second-order valence-corrected chi connectivity index (χ2v) is 4.36. The number of anilines is 1. The van der Waals surface area contributed by atoms with Gasteiger partial charge in [-0.1, -0.05) is 34.1 Å². The highest BCUT2D eigenvalue weighted by molar-refractivity contribution is 9.10. The van der Waals surface area contributed by atoms with E-state index in [1.54, 1.807) is 30.3 Å². The van der Waals surface area contributed by atoms with Crippen molar-refractivity contribution in [1.29, 1.82) is 0 Å².